The molecule has 3 aromatic rings. The van der Waals surface area contributed by atoms with Gasteiger partial charge in [0.15, 0.2) is 6.04 Å². The molecule has 0 saturated heterocycles. The van der Waals surface area contributed by atoms with E-state index in [2.05, 4.69) is 15.1 Å². The highest BCUT2D eigenvalue weighted by Crippen LogP contribution is 2.28. The van der Waals surface area contributed by atoms with Crippen LogP contribution in [-0.4, -0.2) is 48.2 Å². The number of aromatic amines is 1. The summed E-state index contributed by atoms with van der Waals surface area (Å²) in [4.78, 5) is 33.0. The molecule has 8 nitrogen and oxygen atoms in total. The van der Waals surface area contributed by atoms with Crippen LogP contribution in [0.25, 0.3) is 0 Å². The van der Waals surface area contributed by atoms with Crippen LogP contribution >= 0.6 is 0 Å². The Kier molecular flexibility index (Phi) is 4.00. The van der Waals surface area contributed by atoms with Gasteiger partial charge in [0.25, 0.3) is 5.91 Å². The van der Waals surface area contributed by atoms with E-state index in [-0.39, 0.29) is 5.91 Å². The summed E-state index contributed by atoms with van der Waals surface area (Å²) < 4.78 is 1.67. The van der Waals surface area contributed by atoms with Crippen molar-refractivity contribution in [1.82, 2.24) is 24.6 Å². The predicted molar refractivity (Wildman–Crippen MR) is 91.5 cm³/mol. The first-order valence-corrected chi connectivity index (χ1v) is 8.26. The SMILES string of the molecule is O=C(O)C1c2nc[nH]c2CCN1C(=O)c1cnn(Cc2ccccc2)c1. The Morgan fingerprint density at radius 1 is 1.27 bits per heavy atom. The second-order valence-corrected chi connectivity index (χ2v) is 6.17. The molecule has 1 amide bonds. The van der Waals surface area contributed by atoms with Crippen LogP contribution in [0.1, 0.15) is 33.4 Å². The van der Waals surface area contributed by atoms with Gasteiger partial charge in [0, 0.05) is 24.9 Å². The van der Waals surface area contributed by atoms with Crippen molar-refractivity contribution in [2.45, 2.75) is 19.0 Å². The van der Waals surface area contributed by atoms with Crippen LogP contribution in [0, 0.1) is 0 Å². The van der Waals surface area contributed by atoms with E-state index in [0.29, 0.717) is 30.8 Å². The number of carbonyl (C=O) groups is 2. The van der Waals surface area contributed by atoms with Crippen molar-refractivity contribution in [3.63, 3.8) is 0 Å². The number of amides is 1. The normalized spacial score (nSPS) is 16.3. The molecular formula is C18H17N5O3. The summed E-state index contributed by atoms with van der Waals surface area (Å²) in [5.74, 6) is -1.45. The molecule has 0 saturated carbocycles. The van der Waals surface area contributed by atoms with E-state index in [4.69, 9.17) is 0 Å². The molecule has 8 heteroatoms. The number of rotatable bonds is 4. The summed E-state index contributed by atoms with van der Waals surface area (Å²) in [5, 5.41) is 13.8. The van der Waals surface area contributed by atoms with Gasteiger partial charge in [-0.15, -0.1) is 0 Å². The lowest BCUT2D eigenvalue weighted by Crippen LogP contribution is -2.43. The van der Waals surface area contributed by atoms with Crippen LogP contribution in [0.3, 0.4) is 0 Å². The van der Waals surface area contributed by atoms with E-state index in [0.717, 1.165) is 11.3 Å². The number of aromatic nitrogens is 4. The molecule has 0 radical (unpaired) electrons. The lowest BCUT2D eigenvalue weighted by atomic mass is 10.0. The number of imidazole rings is 1. The minimum absolute atomic E-state index is 0.314. The third-order valence-corrected chi connectivity index (χ3v) is 4.49. The van der Waals surface area contributed by atoms with Crippen LogP contribution < -0.4 is 0 Å². The fraction of sp³-hybridized carbons (Fsp3) is 0.222. The maximum absolute atomic E-state index is 12.9. The van der Waals surface area contributed by atoms with Crippen molar-refractivity contribution in [3.8, 4) is 0 Å². The monoisotopic (exact) mass is 351 g/mol. The number of aliphatic carboxylic acids is 1. The molecule has 2 aromatic heterocycles. The number of nitrogens with zero attached hydrogens (tertiary/aromatic N) is 4. The molecule has 0 aliphatic carbocycles. The molecular weight excluding hydrogens is 334 g/mol. The van der Waals surface area contributed by atoms with Gasteiger partial charge in [-0.1, -0.05) is 30.3 Å². The zero-order valence-electron chi connectivity index (χ0n) is 13.9. The van der Waals surface area contributed by atoms with Crippen LogP contribution in [0.5, 0.6) is 0 Å². The van der Waals surface area contributed by atoms with E-state index < -0.39 is 12.0 Å². The van der Waals surface area contributed by atoms with Crippen LogP contribution in [-0.2, 0) is 17.8 Å². The first kappa shape index (κ1) is 16.1. The fourth-order valence-electron chi connectivity index (χ4n) is 3.24. The summed E-state index contributed by atoms with van der Waals surface area (Å²) in [6.07, 6.45) is 5.13. The predicted octanol–water partition coefficient (Wildman–Crippen LogP) is 1.48. The zero-order chi connectivity index (χ0) is 18.1. The van der Waals surface area contributed by atoms with Crippen molar-refractivity contribution >= 4 is 11.9 Å². The first-order valence-electron chi connectivity index (χ1n) is 8.26. The molecule has 1 unspecified atom stereocenters. The number of benzene rings is 1. The number of nitrogens with one attached hydrogen (secondary N) is 1. The second kappa shape index (κ2) is 6.47. The molecule has 1 atom stereocenters. The average Bonchev–Trinajstić information content (AvgIpc) is 3.30. The van der Waals surface area contributed by atoms with E-state index in [9.17, 15) is 14.7 Å². The molecule has 132 valence electrons. The Bertz CT molecular complexity index is 947. The van der Waals surface area contributed by atoms with Gasteiger partial charge in [-0.25, -0.2) is 9.78 Å². The molecule has 2 N–H and O–H groups in total. The maximum atomic E-state index is 12.9. The quantitative estimate of drug-likeness (QED) is 0.741. The van der Waals surface area contributed by atoms with Crippen molar-refractivity contribution in [2.75, 3.05) is 6.54 Å². The molecule has 4 rings (SSSR count). The molecule has 1 aromatic carbocycles. The van der Waals surface area contributed by atoms with Gasteiger partial charge in [0.05, 0.1) is 30.3 Å². The van der Waals surface area contributed by atoms with Gasteiger partial charge >= 0.3 is 5.97 Å². The number of carbonyl (C=O) groups excluding carboxylic acids is 1. The summed E-state index contributed by atoms with van der Waals surface area (Å²) in [7, 11) is 0. The Morgan fingerprint density at radius 3 is 2.85 bits per heavy atom. The number of H-pyrrole nitrogens is 1. The third-order valence-electron chi connectivity index (χ3n) is 4.49. The number of carboxylic acid groups (broad SMARTS) is 1. The van der Waals surface area contributed by atoms with E-state index >= 15 is 0 Å². The highest BCUT2D eigenvalue weighted by atomic mass is 16.4. The highest BCUT2D eigenvalue weighted by Gasteiger charge is 2.38. The molecule has 1 aliphatic rings. The molecule has 26 heavy (non-hydrogen) atoms. The van der Waals surface area contributed by atoms with Gasteiger partial charge in [-0.2, -0.15) is 5.10 Å². The zero-order valence-corrected chi connectivity index (χ0v) is 13.9. The van der Waals surface area contributed by atoms with Crippen molar-refractivity contribution in [2.24, 2.45) is 0 Å². The lowest BCUT2D eigenvalue weighted by molar-refractivity contribution is -0.143. The molecule has 3 heterocycles. The van der Waals surface area contributed by atoms with Crippen molar-refractivity contribution < 1.29 is 14.7 Å². The minimum Gasteiger partial charge on any atom is -0.479 e. The second-order valence-electron chi connectivity index (χ2n) is 6.17. The van der Waals surface area contributed by atoms with Gasteiger partial charge in [-0.3, -0.25) is 9.48 Å². The summed E-state index contributed by atoms with van der Waals surface area (Å²) >= 11 is 0. The standard InChI is InChI=1S/C18H17N5O3/c24-17(13-8-21-22(10-13)9-12-4-2-1-3-5-12)23-7-6-14-15(20-11-19-14)16(23)18(25)26/h1-5,8,10-11,16H,6-7,9H2,(H,19,20)(H,25,26). The largest absolute Gasteiger partial charge is 0.479 e. The lowest BCUT2D eigenvalue weighted by Gasteiger charge is -2.31. The number of hydrogen-bond acceptors (Lipinski definition) is 4. The Labute approximate surface area is 149 Å². The van der Waals surface area contributed by atoms with Crippen molar-refractivity contribution in [3.05, 3.63) is 71.6 Å². The minimum atomic E-state index is -1.09. The van der Waals surface area contributed by atoms with Crippen LogP contribution in [0.4, 0.5) is 0 Å². The van der Waals surface area contributed by atoms with Gasteiger partial charge in [-0.05, 0) is 5.56 Å². The average molecular weight is 351 g/mol. The first-order chi connectivity index (χ1) is 12.6. The third kappa shape index (κ3) is 2.85. The van der Waals surface area contributed by atoms with Gasteiger partial charge in [0.1, 0.15) is 0 Å². The topological polar surface area (TPSA) is 104 Å². The maximum Gasteiger partial charge on any atom is 0.332 e. The fourth-order valence-corrected chi connectivity index (χ4v) is 3.24. The van der Waals surface area contributed by atoms with Crippen molar-refractivity contribution in [1.29, 1.82) is 0 Å². The van der Waals surface area contributed by atoms with Crippen LogP contribution in [0.15, 0.2) is 49.1 Å². The Morgan fingerprint density at radius 2 is 2.08 bits per heavy atom. The van der Waals surface area contributed by atoms with E-state index in [1.54, 1.807) is 10.9 Å². The van der Waals surface area contributed by atoms with E-state index in [1.807, 2.05) is 30.3 Å². The number of carboxylic acids is 1. The summed E-state index contributed by atoms with van der Waals surface area (Å²) in [6.45, 7) is 0.856. The molecule has 0 fully saturated rings. The number of fused-ring (bicyclic) bond motifs is 1. The highest BCUT2D eigenvalue weighted by molar-refractivity contribution is 5.96. The molecule has 0 bridgehead atoms. The van der Waals surface area contributed by atoms with Gasteiger partial charge in [0.2, 0.25) is 0 Å². The molecule has 1 aliphatic heterocycles. The summed E-state index contributed by atoms with van der Waals surface area (Å²) in [5.41, 5.74) is 2.60. The number of hydrogen-bond donors (Lipinski definition) is 2. The molecule has 0 spiro atoms. The smallest absolute Gasteiger partial charge is 0.332 e. The Balaban J connectivity index is 1.57. The summed E-state index contributed by atoms with van der Waals surface area (Å²) in [6, 6.07) is 8.69. The van der Waals surface area contributed by atoms with Gasteiger partial charge < -0.3 is 15.0 Å². The van der Waals surface area contributed by atoms with E-state index in [1.165, 1.54) is 17.4 Å². The Hall–Kier alpha value is -3.42. The van der Waals surface area contributed by atoms with Crippen LogP contribution in [0.2, 0.25) is 0 Å².